The van der Waals surface area contributed by atoms with Crippen LogP contribution in [0.2, 0.25) is 0 Å². The molecule has 0 aliphatic heterocycles. The molecule has 0 spiro atoms. The maximum absolute atomic E-state index is 12.3. The van der Waals surface area contributed by atoms with Crippen LogP contribution in [-0.2, 0) is 25.4 Å². The Bertz CT molecular complexity index is 1000. The van der Waals surface area contributed by atoms with Crippen LogP contribution in [0.1, 0.15) is 0 Å². The number of carbonyl (C=O) groups excluding carboxylic acids is 1. The Morgan fingerprint density at radius 1 is 1.17 bits per heavy atom. The number of rotatable bonds is 3. The summed E-state index contributed by atoms with van der Waals surface area (Å²) in [6, 6.07) is 0. The molecule has 3 heterocycles. The Morgan fingerprint density at radius 3 is 2.65 bits per heavy atom. The quantitative estimate of drug-likeness (QED) is 0.653. The minimum Gasteiger partial charge on any atom is -0.315 e. The molecule has 0 atom stereocenters. The molecular weight excluding hydrogens is 302 g/mol. The van der Waals surface area contributed by atoms with E-state index in [1.54, 1.807) is 0 Å². The third-order valence-electron chi connectivity index (χ3n) is 3.36. The monoisotopic (exact) mass is 315 g/mol. The van der Waals surface area contributed by atoms with E-state index < -0.39 is 11.2 Å². The van der Waals surface area contributed by atoms with Crippen molar-refractivity contribution in [3.63, 3.8) is 0 Å². The molecule has 0 aliphatic carbocycles. The van der Waals surface area contributed by atoms with Crippen LogP contribution in [0.5, 0.6) is 0 Å². The van der Waals surface area contributed by atoms with Crippen LogP contribution in [0.15, 0.2) is 34.5 Å². The summed E-state index contributed by atoms with van der Waals surface area (Å²) < 4.78 is 3.62. The molecule has 23 heavy (non-hydrogen) atoms. The summed E-state index contributed by atoms with van der Waals surface area (Å²) in [4.78, 5) is 48.0. The number of fused-ring (bicyclic) bond motifs is 1. The van der Waals surface area contributed by atoms with E-state index in [2.05, 4.69) is 20.3 Å². The fourth-order valence-corrected chi connectivity index (χ4v) is 2.22. The Kier molecular flexibility index (Phi) is 3.48. The number of aromatic nitrogens is 6. The van der Waals surface area contributed by atoms with E-state index in [1.807, 2.05) is 0 Å². The van der Waals surface area contributed by atoms with Crippen LogP contribution < -0.4 is 16.6 Å². The number of imidazole rings is 1. The van der Waals surface area contributed by atoms with Gasteiger partial charge < -0.3 is 9.88 Å². The SMILES string of the molecule is Cn1c(=O)c2c(ncn2CC(=O)Nc2cnccn2)n(C)c1=O. The number of nitrogens with one attached hydrogen (secondary N) is 1. The molecular formula is C13H13N7O3. The first-order valence-corrected chi connectivity index (χ1v) is 6.65. The van der Waals surface area contributed by atoms with Crippen LogP contribution in [0, 0.1) is 0 Å². The zero-order chi connectivity index (χ0) is 16.6. The lowest BCUT2D eigenvalue weighted by atomic mass is 10.4. The van der Waals surface area contributed by atoms with Crippen molar-refractivity contribution in [3.8, 4) is 0 Å². The molecule has 3 rings (SSSR count). The van der Waals surface area contributed by atoms with Crippen LogP contribution >= 0.6 is 0 Å². The summed E-state index contributed by atoms with van der Waals surface area (Å²) in [7, 11) is 2.89. The highest BCUT2D eigenvalue weighted by molar-refractivity contribution is 5.90. The summed E-state index contributed by atoms with van der Waals surface area (Å²) in [6.07, 6.45) is 5.70. The van der Waals surface area contributed by atoms with Crippen LogP contribution in [0.4, 0.5) is 5.82 Å². The largest absolute Gasteiger partial charge is 0.332 e. The van der Waals surface area contributed by atoms with Gasteiger partial charge in [0.05, 0.1) is 12.5 Å². The van der Waals surface area contributed by atoms with Gasteiger partial charge in [-0.1, -0.05) is 0 Å². The highest BCUT2D eigenvalue weighted by atomic mass is 16.2. The normalized spacial score (nSPS) is 10.9. The van der Waals surface area contributed by atoms with Crippen molar-refractivity contribution >= 4 is 22.9 Å². The molecule has 0 saturated heterocycles. The minimum atomic E-state index is -0.507. The molecule has 3 aromatic heterocycles. The minimum absolute atomic E-state index is 0.138. The lowest BCUT2D eigenvalue weighted by molar-refractivity contribution is -0.116. The summed E-state index contributed by atoms with van der Waals surface area (Å²) in [5, 5.41) is 2.57. The van der Waals surface area contributed by atoms with Crippen molar-refractivity contribution < 1.29 is 4.79 Å². The Balaban J connectivity index is 1.97. The first-order valence-electron chi connectivity index (χ1n) is 6.65. The molecule has 0 bridgehead atoms. The Labute approximate surface area is 129 Å². The van der Waals surface area contributed by atoms with Gasteiger partial charge >= 0.3 is 5.69 Å². The van der Waals surface area contributed by atoms with Crippen molar-refractivity contribution in [3.05, 3.63) is 45.8 Å². The van der Waals surface area contributed by atoms with Crippen molar-refractivity contribution in [1.82, 2.24) is 28.7 Å². The second kappa shape index (κ2) is 5.48. The molecule has 0 unspecified atom stereocenters. The number of nitrogens with zero attached hydrogens (tertiary/aromatic N) is 6. The van der Waals surface area contributed by atoms with Crippen LogP contribution in [0.25, 0.3) is 11.2 Å². The summed E-state index contributed by atoms with van der Waals surface area (Å²) in [5.74, 6) is -0.0806. The predicted molar refractivity (Wildman–Crippen MR) is 80.9 cm³/mol. The van der Waals surface area contributed by atoms with Gasteiger partial charge in [0.25, 0.3) is 5.56 Å². The molecule has 0 saturated carbocycles. The second-order valence-electron chi connectivity index (χ2n) is 4.89. The van der Waals surface area contributed by atoms with Gasteiger partial charge in [-0.2, -0.15) is 0 Å². The third-order valence-corrected chi connectivity index (χ3v) is 3.36. The van der Waals surface area contributed by atoms with Gasteiger partial charge in [-0.05, 0) is 0 Å². The van der Waals surface area contributed by atoms with Crippen molar-refractivity contribution in [1.29, 1.82) is 0 Å². The third kappa shape index (κ3) is 2.50. The van der Waals surface area contributed by atoms with Gasteiger partial charge in [0, 0.05) is 26.5 Å². The number of amides is 1. The van der Waals surface area contributed by atoms with E-state index in [9.17, 15) is 14.4 Å². The lowest BCUT2D eigenvalue weighted by Crippen LogP contribution is -2.37. The highest BCUT2D eigenvalue weighted by Crippen LogP contribution is 2.06. The molecule has 10 heteroatoms. The fourth-order valence-electron chi connectivity index (χ4n) is 2.22. The first-order chi connectivity index (χ1) is 11.0. The van der Waals surface area contributed by atoms with E-state index in [4.69, 9.17) is 0 Å². The number of aryl methyl sites for hydroxylation is 1. The number of anilines is 1. The number of hydrogen-bond donors (Lipinski definition) is 1. The molecule has 0 aromatic carbocycles. The van der Waals surface area contributed by atoms with Crippen LogP contribution in [0.3, 0.4) is 0 Å². The molecule has 1 amide bonds. The van der Waals surface area contributed by atoms with Crippen molar-refractivity contribution in [2.45, 2.75) is 6.54 Å². The summed E-state index contributed by atoms with van der Waals surface area (Å²) in [5.41, 5.74) is -0.570. The lowest BCUT2D eigenvalue weighted by Gasteiger charge is -2.07. The van der Waals surface area contributed by atoms with Crippen molar-refractivity contribution in [2.75, 3.05) is 5.32 Å². The van der Waals surface area contributed by atoms with Gasteiger partial charge in [0.15, 0.2) is 17.0 Å². The number of carbonyl (C=O) groups is 1. The standard InChI is InChI=1S/C13H13N7O3/c1-18-11-10(12(22)19(2)13(18)23)20(7-16-11)6-9(21)17-8-5-14-3-4-15-8/h3-5,7H,6H2,1-2H3,(H,15,17,21). The number of hydrogen-bond acceptors (Lipinski definition) is 6. The topological polar surface area (TPSA) is 117 Å². The second-order valence-corrected chi connectivity index (χ2v) is 4.89. The molecule has 0 radical (unpaired) electrons. The van der Waals surface area contributed by atoms with E-state index in [1.165, 1.54) is 48.1 Å². The van der Waals surface area contributed by atoms with Crippen molar-refractivity contribution in [2.24, 2.45) is 14.1 Å². The van der Waals surface area contributed by atoms with E-state index in [0.717, 1.165) is 4.57 Å². The average molecular weight is 315 g/mol. The van der Waals surface area contributed by atoms with Gasteiger partial charge in [0.1, 0.15) is 6.54 Å². The Morgan fingerprint density at radius 2 is 1.96 bits per heavy atom. The molecule has 10 nitrogen and oxygen atoms in total. The van der Waals surface area contributed by atoms with Gasteiger partial charge in [-0.3, -0.25) is 23.7 Å². The molecule has 118 valence electrons. The Hall–Kier alpha value is -3.30. The summed E-state index contributed by atoms with van der Waals surface area (Å²) in [6.45, 7) is -0.138. The van der Waals surface area contributed by atoms with E-state index in [-0.39, 0.29) is 23.6 Å². The molecule has 0 fully saturated rings. The van der Waals surface area contributed by atoms with Gasteiger partial charge in [0.2, 0.25) is 5.91 Å². The highest BCUT2D eigenvalue weighted by Gasteiger charge is 2.16. The zero-order valence-electron chi connectivity index (χ0n) is 12.4. The first kappa shape index (κ1) is 14.6. The average Bonchev–Trinajstić information content (AvgIpc) is 2.95. The molecule has 0 aliphatic rings. The maximum Gasteiger partial charge on any atom is 0.332 e. The van der Waals surface area contributed by atoms with Gasteiger partial charge in [-0.15, -0.1) is 0 Å². The van der Waals surface area contributed by atoms with Gasteiger partial charge in [-0.25, -0.2) is 14.8 Å². The van der Waals surface area contributed by atoms with E-state index in [0.29, 0.717) is 5.82 Å². The van der Waals surface area contributed by atoms with E-state index >= 15 is 0 Å². The smallest absolute Gasteiger partial charge is 0.315 e. The maximum atomic E-state index is 12.3. The zero-order valence-corrected chi connectivity index (χ0v) is 12.4. The van der Waals surface area contributed by atoms with Crippen LogP contribution in [-0.4, -0.2) is 34.6 Å². The summed E-state index contributed by atoms with van der Waals surface area (Å²) >= 11 is 0. The molecule has 1 N–H and O–H groups in total. The molecule has 3 aromatic rings. The fraction of sp³-hybridized carbons (Fsp3) is 0.231. The predicted octanol–water partition coefficient (Wildman–Crippen LogP) is -1.14.